The van der Waals surface area contributed by atoms with E-state index in [1.54, 1.807) is 18.2 Å². The minimum Gasteiger partial charge on any atom is -0.352 e. The molecule has 3 aromatic carbocycles. The number of benzene rings is 3. The summed E-state index contributed by atoms with van der Waals surface area (Å²) in [5.74, 6) is -0.350. The first-order chi connectivity index (χ1) is 14.6. The first-order valence-electron chi connectivity index (χ1n) is 10.1. The Balaban J connectivity index is 1.53. The van der Waals surface area contributed by atoms with Crippen molar-refractivity contribution in [3.63, 3.8) is 0 Å². The van der Waals surface area contributed by atoms with Crippen molar-refractivity contribution in [1.82, 2.24) is 10.2 Å². The van der Waals surface area contributed by atoms with Crippen LogP contribution in [0.15, 0.2) is 84.9 Å². The quantitative estimate of drug-likeness (QED) is 0.574. The number of rotatable bonds is 9. The lowest BCUT2D eigenvalue weighted by Crippen LogP contribution is -2.31. The SMILES string of the molecule is CN(CC(=O)Nc1ccccc1C(=O)NCCc1ccccc1)Cc1ccccc1. The second kappa shape index (κ2) is 10.9. The summed E-state index contributed by atoms with van der Waals surface area (Å²) in [6.07, 6.45) is 0.755. The first-order valence-corrected chi connectivity index (χ1v) is 10.1. The normalized spacial score (nSPS) is 10.6. The fourth-order valence-corrected chi connectivity index (χ4v) is 3.24. The molecule has 154 valence electrons. The van der Waals surface area contributed by atoms with E-state index in [9.17, 15) is 9.59 Å². The van der Waals surface area contributed by atoms with Gasteiger partial charge in [-0.05, 0) is 36.7 Å². The number of hydrogen-bond donors (Lipinski definition) is 2. The number of amides is 2. The lowest BCUT2D eigenvalue weighted by atomic mass is 10.1. The maximum absolute atomic E-state index is 12.6. The number of nitrogens with zero attached hydrogens (tertiary/aromatic N) is 1. The van der Waals surface area contributed by atoms with Crippen LogP contribution in [0.25, 0.3) is 0 Å². The summed E-state index contributed by atoms with van der Waals surface area (Å²) in [6.45, 7) is 1.44. The number of carbonyl (C=O) groups excluding carboxylic acids is 2. The topological polar surface area (TPSA) is 61.4 Å². The lowest BCUT2D eigenvalue weighted by molar-refractivity contribution is -0.117. The molecule has 0 heterocycles. The molecule has 0 saturated heterocycles. The lowest BCUT2D eigenvalue weighted by Gasteiger charge is -2.17. The molecule has 0 fully saturated rings. The molecule has 0 aliphatic carbocycles. The van der Waals surface area contributed by atoms with Gasteiger partial charge in [-0.15, -0.1) is 0 Å². The highest BCUT2D eigenvalue weighted by molar-refractivity contribution is 6.04. The number of para-hydroxylation sites is 1. The third kappa shape index (κ3) is 6.57. The maximum Gasteiger partial charge on any atom is 0.253 e. The highest BCUT2D eigenvalue weighted by Gasteiger charge is 2.14. The summed E-state index contributed by atoms with van der Waals surface area (Å²) in [5, 5.41) is 5.81. The van der Waals surface area contributed by atoms with Gasteiger partial charge in [0.2, 0.25) is 5.91 Å². The van der Waals surface area contributed by atoms with Gasteiger partial charge in [0, 0.05) is 13.1 Å². The minimum absolute atomic E-state index is 0.155. The Morgan fingerprint density at radius 1 is 0.800 bits per heavy atom. The van der Waals surface area contributed by atoms with Crippen molar-refractivity contribution >= 4 is 17.5 Å². The van der Waals surface area contributed by atoms with E-state index in [4.69, 9.17) is 0 Å². The van der Waals surface area contributed by atoms with Crippen LogP contribution >= 0.6 is 0 Å². The average Bonchev–Trinajstić information content (AvgIpc) is 2.75. The van der Waals surface area contributed by atoms with Gasteiger partial charge in [0.05, 0.1) is 17.8 Å². The smallest absolute Gasteiger partial charge is 0.253 e. The molecule has 30 heavy (non-hydrogen) atoms. The Hall–Kier alpha value is -3.44. The van der Waals surface area contributed by atoms with Crippen LogP contribution in [-0.4, -0.2) is 36.9 Å². The van der Waals surface area contributed by atoms with Crippen LogP contribution in [0.3, 0.4) is 0 Å². The van der Waals surface area contributed by atoms with Crippen molar-refractivity contribution in [1.29, 1.82) is 0 Å². The standard InChI is InChI=1S/C25H27N3O2/c1-28(18-21-12-6-3-7-13-21)19-24(29)27-23-15-9-8-14-22(23)25(30)26-17-16-20-10-4-2-5-11-20/h2-15H,16-19H2,1H3,(H,26,30)(H,27,29). The number of anilines is 1. The fourth-order valence-electron chi connectivity index (χ4n) is 3.24. The molecule has 0 saturated carbocycles. The van der Waals surface area contributed by atoms with Gasteiger partial charge in [-0.3, -0.25) is 14.5 Å². The highest BCUT2D eigenvalue weighted by Crippen LogP contribution is 2.15. The van der Waals surface area contributed by atoms with Gasteiger partial charge in [0.15, 0.2) is 0 Å². The molecule has 2 amide bonds. The predicted molar refractivity (Wildman–Crippen MR) is 120 cm³/mol. The molecule has 2 N–H and O–H groups in total. The predicted octanol–water partition coefficient (Wildman–Crippen LogP) is 3.73. The van der Waals surface area contributed by atoms with Crippen LogP contribution in [0.4, 0.5) is 5.69 Å². The summed E-state index contributed by atoms with van der Waals surface area (Å²) >= 11 is 0. The van der Waals surface area contributed by atoms with E-state index in [0.29, 0.717) is 24.3 Å². The van der Waals surface area contributed by atoms with Gasteiger partial charge >= 0.3 is 0 Å². The zero-order valence-corrected chi connectivity index (χ0v) is 17.2. The number of nitrogens with one attached hydrogen (secondary N) is 2. The minimum atomic E-state index is -0.195. The van der Waals surface area contributed by atoms with Gasteiger partial charge in [-0.25, -0.2) is 0 Å². The Morgan fingerprint density at radius 3 is 2.10 bits per heavy atom. The van der Waals surface area contributed by atoms with Crippen LogP contribution in [0.5, 0.6) is 0 Å². The molecule has 5 nitrogen and oxygen atoms in total. The monoisotopic (exact) mass is 401 g/mol. The van der Waals surface area contributed by atoms with E-state index >= 15 is 0 Å². The van der Waals surface area contributed by atoms with E-state index in [2.05, 4.69) is 10.6 Å². The second-order valence-corrected chi connectivity index (χ2v) is 7.24. The van der Waals surface area contributed by atoms with Crippen molar-refractivity contribution in [3.05, 3.63) is 102 Å². The van der Waals surface area contributed by atoms with Gasteiger partial charge in [0.25, 0.3) is 5.91 Å². The van der Waals surface area contributed by atoms with Crippen molar-refractivity contribution in [3.8, 4) is 0 Å². The maximum atomic E-state index is 12.6. The van der Waals surface area contributed by atoms with E-state index in [1.165, 1.54) is 5.56 Å². The molecular weight excluding hydrogens is 374 g/mol. The van der Waals surface area contributed by atoms with Crippen molar-refractivity contribution in [2.45, 2.75) is 13.0 Å². The van der Waals surface area contributed by atoms with Crippen molar-refractivity contribution in [2.75, 3.05) is 25.5 Å². The Bertz CT molecular complexity index is 958. The third-order valence-electron chi connectivity index (χ3n) is 4.70. The Labute approximate surface area is 177 Å². The molecule has 3 aromatic rings. The zero-order valence-electron chi connectivity index (χ0n) is 17.2. The number of hydrogen-bond acceptors (Lipinski definition) is 3. The van der Waals surface area contributed by atoms with Crippen molar-refractivity contribution in [2.24, 2.45) is 0 Å². The van der Waals surface area contributed by atoms with Crippen LogP contribution in [-0.2, 0) is 17.8 Å². The first kappa shape index (κ1) is 21.3. The van der Waals surface area contributed by atoms with Gasteiger partial charge in [-0.2, -0.15) is 0 Å². The van der Waals surface area contributed by atoms with Crippen LogP contribution in [0.2, 0.25) is 0 Å². The summed E-state index contributed by atoms with van der Waals surface area (Å²) in [4.78, 5) is 27.1. The summed E-state index contributed by atoms with van der Waals surface area (Å²) < 4.78 is 0. The highest BCUT2D eigenvalue weighted by atomic mass is 16.2. The number of carbonyl (C=O) groups is 2. The summed E-state index contributed by atoms with van der Waals surface area (Å²) in [5.41, 5.74) is 3.30. The van der Waals surface area contributed by atoms with E-state index in [1.807, 2.05) is 78.7 Å². The molecule has 0 aliphatic rings. The summed E-state index contributed by atoms with van der Waals surface area (Å²) in [7, 11) is 1.90. The Kier molecular flexibility index (Phi) is 7.75. The molecule has 0 aliphatic heterocycles. The van der Waals surface area contributed by atoms with Crippen LogP contribution < -0.4 is 10.6 Å². The average molecular weight is 402 g/mol. The molecule has 0 unspecified atom stereocenters. The fraction of sp³-hybridized carbons (Fsp3) is 0.200. The molecule has 0 bridgehead atoms. The van der Waals surface area contributed by atoms with Gasteiger partial charge in [-0.1, -0.05) is 72.8 Å². The van der Waals surface area contributed by atoms with Gasteiger partial charge < -0.3 is 10.6 Å². The molecule has 0 radical (unpaired) electrons. The largest absolute Gasteiger partial charge is 0.352 e. The van der Waals surface area contributed by atoms with Crippen molar-refractivity contribution < 1.29 is 9.59 Å². The molecule has 0 aromatic heterocycles. The Morgan fingerprint density at radius 2 is 1.40 bits per heavy atom. The van der Waals surface area contributed by atoms with E-state index in [-0.39, 0.29) is 18.4 Å². The van der Waals surface area contributed by atoms with Crippen LogP contribution in [0.1, 0.15) is 21.5 Å². The third-order valence-corrected chi connectivity index (χ3v) is 4.70. The summed E-state index contributed by atoms with van der Waals surface area (Å²) in [6, 6.07) is 27.1. The van der Waals surface area contributed by atoms with E-state index < -0.39 is 0 Å². The number of likely N-dealkylation sites (N-methyl/N-ethyl adjacent to an activating group) is 1. The van der Waals surface area contributed by atoms with Crippen LogP contribution in [0, 0.1) is 0 Å². The molecule has 0 atom stereocenters. The molecule has 5 heteroatoms. The molecular formula is C25H27N3O2. The molecule has 3 rings (SSSR count). The van der Waals surface area contributed by atoms with E-state index in [0.717, 1.165) is 12.0 Å². The second-order valence-electron chi connectivity index (χ2n) is 7.24. The zero-order chi connectivity index (χ0) is 21.2. The van der Waals surface area contributed by atoms with Gasteiger partial charge in [0.1, 0.15) is 0 Å². The molecule has 0 spiro atoms.